The Bertz CT molecular complexity index is 190. The summed E-state index contributed by atoms with van der Waals surface area (Å²) in [5, 5.41) is 13.9. The zero-order valence-corrected chi connectivity index (χ0v) is 9.48. The van der Waals surface area contributed by atoms with Gasteiger partial charge in [0.1, 0.15) is 0 Å². The van der Waals surface area contributed by atoms with Crippen LogP contribution in [0.15, 0.2) is 17.1 Å². The van der Waals surface area contributed by atoms with Gasteiger partial charge in [0.15, 0.2) is 5.84 Å². The van der Waals surface area contributed by atoms with Gasteiger partial charge in [0.2, 0.25) is 0 Å². The third kappa shape index (κ3) is 5.48. The maximum absolute atomic E-state index is 6.97. The number of nitrogens with one attached hydrogen (secondary N) is 2. The summed E-state index contributed by atoms with van der Waals surface area (Å²) in [6, 6.07) is 0. The van der Waals surface area contributed by atoms with E-state index in [0.29, 0.717) is 0 Å². The van der Waals surface area contributed by atoms with Gasteiger partial charge in [-0.3, -0.25) is 10.8 Å². The third-order valence-electron chi connectivity index (χ3n) is 0.808. The molecule has 3 nitrogen and oxygen atoms in total. The van der Waals surface area contributed by atoms with Crippen LogP contribution in [-0.2, 0) is 11.1 Å². The monoisotopic (exact) mass is 324 g/mol. The Hall–Kier alpha value is 0.216. The SMILES string of the molecule is N=C1C=CC=NC1=N.[Br][Co][Br]. The number of amidine groups is 1. The van der Waals surface area contributed by atoms with Crippen molar-refractivity contribution < 1.29 is 11.1 Å². The second-order valence-corrected chi connectivity index (χ2v) is 6.70. The molecule has 0 radical (unpaired) electrons. The first-order valence-electron chi connectivity index (χ1n) is 2.44. The van der Waals surface area contributed by atoms with Crippen molar-refractivity contribution >= 4 is 46.1 Å². The molecule has 1 aliphatic rings. The molecule has 0 atom stereocenters. The van der Waals surface area contributed by atoms with Gasteiger partial charge in [-0.05, 0) is 12.2 Å². The normalized spacial score (nSPS) is 14.7. The van der Waals surface area contributed by atoms with E-state index in [2.05, 4.69) is 33.3 Å². The molecule has 0 aromatic rings. The number of dihydropyridines is 1. The molecule has 0 aromatic heterocycles. The molecule has 0 aliphatic carbocycles. The molecule has 1 aliphatic heterocycles. The molecule has 0 fully saturated rings. The van der Waals surface area contributed by atoms with Gasteiger partial charge in [-0.1, -0.05) is 0 Å². The van der Waals surface area contributed by atoms with Crippen LogP contribution in [0, 0.1) is 10.8 Å². The molecule has 1 rings (SSSR count). The van der Waals surface area contributed by atoms with Crippen molar-refractivity contribution in [3.8, 4) is 0 Å². The molecular formula is C5H5Br2CoN3. The van der Waals surface area contributed by atoms with Crippen LogP contribution in [0.1, 0.15) is 0 Å². The van der Waals surface area contributed by atoms with Crippen LogP contribution in [-0.4, -0.2) is 17.8 Å². The Morgan fingerprint density at radius 2 is 1.91 bits per heavy atom. The molecule has 6 heteroatoms. The van der Waals surface area contributed by atoms with Gasteiger partial charge < -0.3 is 0 Å². The topological polar surface area (TPSA) is 60.1 Å². The predicted octanol–water partition coefficient (Wildman–Crippen LogP) is 2.31. The molecule has 0 spiro atoms. The second kappa shape index (κ2) is 6.90. The van der Waals surface area contributed by atoms with Crippen molar-refractivity contribution in [3.63, 3.8) is 0 Å². The summed E-state index contributed by atoms with van der Waals surface area (Å²) in [6.07, 6.45) is 4.68. The average molecular weight is 326 g/mol. The summed E-state index contributed by atoms with van der Waals surface area (Å²) in [6.45, 7) is 0. The van der Waals surface area contributed by atoms with Gasteiger partial charge in [0.25, 0.3) is 0 Å². The number of rotatable bonds is 0. The van der Waals surface area contributed by atoms with Gasteiger partial charge in [-0.15, -0.1) is 0 Å². The fourth-order valence-electron chi connectivity index (χ4n) is 0.405. The molecular weight excluding hydrogens is 321 g/mol. The van der Waals surface area contributed by atoms with Crippen LogP contribution in [0.2, 0.25) is 0 Å². The minimum absolute atomic E-state index is 0.0347. The molecule has 0 bridgehead atoms. The van der Waals surface area contributed by atoms with E-state index in [-0.39, 0.29) is 11.5 Å². The number of hydrogen-bond acceptors (Lipinski definition) is 2. The average Bonchev–Trinajstić information content (AvgIpc) is 1.97. The summed E-state index contributed by atoms with van der Waals surface area (Å²) in [4.78, 5) is 3.56. The Kier molecular flexibility index (Phi) is 7.03. The standard InChI is InChI=1S/C5H5N3.2BrH.Co/c6-4-2-1-3-8-5(4)7;;;/h1-3,6-7H;2*1H;/q;;;+2/p-2. The number of allylic oxidation sites excluding steroid dienone is 1. The van der Waals surface area contributed by atoms with Crippen LogP contribution >= 0.6 is 28.3 Å². The Morgan fingerprint density at radius 1 is 1.36 bits per heavy atom. The molecule has 0 saturated carbocycles. The fourth-order valence-corrected chi connectivity index (χ4v) is 0.405. The second-order valence-electron chi connectivity index (χ2n) is 1.45. The minimum atomic E-state index is 0.0347. The summed E-state index contributed by atoms with van der Waals surface area (Å²) in [7, 11) is 0. The van der Waals surface area contributed by atoms with Crippen LogP contribution in [0.5, 0.6) is 0 Å². The molecule has 0 saturated heterocycles. The van der Waals surface area contributed by atoms with Crippen LogP contribution in [0.3, 0.4) is 0 Å². The van der Waals surface area contributed by atoms with Crippen molar-refractivity contribution in [2.45, 2.75) is 0 Å². The first-order chi connectivity index (χ1) is 5.22. The Balaban J connectivity index is 0.000000292. The summed E-state index contributed by atoms with van der Waals surface area (Å²) in [5.41, 5.74) is 0.174. The third-order valence-corrected chi connectivity index (χ3v) is 0.808. The van der Waals surface area contributed by atoms with Gasteiger partial charge in [0.05, 0.1) is 5.71 Å². The van der Waals surface area contributed by atoms with E-state index in [9.17, 15) is 0 Å². The molecule has 0 aromatic carbocycles. The van der Waals surface area contributed by atoms with Gasteiger partial charge in [-0.2, -0.15) is 0 Å². The molecule has 0 unspecified atom stereocenters. The van der Waals surface area contributed by atoms with Gasteiger partial charge in [-0.25, -0.2) is 4.99 Å². The van der Waals surface area contributed by atoms with Crippen LogP contribution in [0.25, 0.3) is 0 Å². The summed E-state index contributed by atoms with van der Waals surface area (Å²) >= 11 is 7.12. The number of nitrogens with zero attached hydrogens (tertiary/aromatic N) is 1. The van der Waals surface area contributed by atoms with E-state index in [1.165, 1.54) is 12.3 Å². The van der Waals surface area contributed by atoms with E-state index in [1.807, 2.05) is 0 Å². The molecule has 1 heterocycles. The van der Waals surface area contributed by atoms with E-state index >= 15 is 0 Å². The number of halogens is 2. The van der Waals surface area contributed by atoms with E-state index in [4.69, 9.17) is 10.8 Å². The fraction of sp³-hybridized carbons (Fsp3) is 0. The van der Waals surface area contributed by atoms with Crippen molar-refractivity contribution in [1.82, 2.24) is 0 Å². The Morgan fingerprint density at radius 3 is 2.18 bits per heavy atom. The maximum atomic E-state index is 6.97. The van der Waals surface area contributed by atoms with E-state index in [1.54, 1.807) is 6.08 Å². The number of aliphatic imine (C=N–C) groups is 1. The van der Waals surface area contributed by atoms with Crippen LogP contribution in [0.4, 0.5) is 0 Å². The van der Waals surface area contributed by atoms with Crippen molar-refractivity contribution in [3.05, 3.63) is 12.2 Å². The van der Waals surface area contributed by atoms with Gasteiger partial charge >= 0.3 is 39.5 Å². The van der Waals surface area contributed by atoms with Crippen molar-refractivity contribution in [1.29, 1.82) is 10.8 Å². The number of hydrogen-bond donors (Lipinski definition) is 2. The van der Waals surface area contributed by atoms with Gasteiger partial charge in [0, 0.05) is 6.21 Å². The summed E-state index contributed by atoms with van der Waals surface area (Å²) < 4.78 is 0. The van der Waals surface area contributed by atoms with Crippen LogP contribution < -0.4 is 0 Å². The predicted molar refractivity (Wildman–Crippen MR) is 50.9 cm³/mol. The molecule has 63 valence electrons. The zero-order chi connectivity index (χ0) is 8.69. The molecule has 11 heavy (non-hydrogen) atoms. The quantitative estimate of drug-likeness (QED) is 0.686. The zero-order valence-electron chi connectivity index (χ0n) is 5.27. The molecule has 0 amide bonds. The first-order valence-corrected chi connectivity index (χ1v) is 7.59. The molecule has 2 N–H and O–H groups in total. The van der Waals surface area contributed by atoms with E-state index < -0.39 is 0 Å². The summed E-state index contributed by atoms with van der Waals surface area (Å²) in [5.74, 6) is 0.0347. The van der Waals surface area contributed by atoms with Crippen molar-refractivity contribution in [2.24, 2.45) is 4.99 Å². The first kappa shape index (κ1) is 11.2. The Labute approximate surface area is 84.8 Å². The van der Waals surface area contributed by atoms with Crippen molar-refractivity contribution in [2.75, 3.05) is 0 Å². The van der Waals surface area contributed by atoms with E-state index in [0.717, 1.165) is 11.1 Å².